The topological polar surface area (TPSA) is 69.2 Å². The molecule has 0 spiro atoms. The normalized spacial score (nSPS) is 14.8. The number of aromatic nitrogens is 4. The Kier molecular flexibility index (Phi) is 5.97. The zero-order valence-corrected chi connectivity index (χ0v) is 17.1. The first-order valence-electron chi connectivity index (χ1n) is 9.59. The van der Waals surface area contributed by atoms with Crippen molar-refractivity contribution >= 4 is 17.7 Å². The van der Waals surface area contributed by atoms with Gasteiger partial charge in [0.15, 0.2) is 10.9 Å². The van der Waals surface area contributed by atoms with Crippen LogP contribution in [0.25, 0.3) is 11.3 Å². The number of anilines is 1. The fourth-order valence-corrected chi connectivity index (χ4v) is 3.95. The van der Waals surface area contributed by atoms with E-state index in [1.54, 1.807) is 18.0 Å². The lowest BCUT2D eigenvalue weighted by Crippen LogP contribution is -2.38. The molecule has 1 saturated heterocycles. The predicted octanol–water partition coefficient (Wildman–Crippen LogP) is 3.72. The van der Waals surface area contributed by atoms with Crippen LogP contribution >= 0.6 is 11.8 Å². The average Bonchev–Trinajstić information content (AvgIpc) is 3.35. The Hall–Kier alpha value is -2.32. The van der Waals surface area contributed by atoms with Crippen LogP contribution in [0.15, 0.2) is 46.1 Å². The van der Waals surface area contributed by atoms with Gasteiger partial charge in [0.2, 0.25) is 11.8 Å². The highest BCUT2D eigenvalue weighted by atomic mass is 32.2. The van der Waals surface area contributed by atoms with Crippen LogP contribution in [0, 0.1) is 5.92 Å². The smallest absolute Gasteiger partial charge is 0.228 e. The number of ether oxygens (including phenoxy) is 1. The van der Waals surface area contributed by atoms with Gasteiger partial charge < -0.3 is 14.1 Å². The molecule has 0 unspecified atom stereocenters. The Bertz CT molecular complexity index is 887. The quantitative estimate of drug-likeness (QED) is 0.561. The van der Waals surface area contributed by atoms with E-state index in [1.165, 1.54) is 0 Å². The van der Waals surface area contributed by atoms with Gasteiger partial charge in [0.05, 0.1) is 25.2 Å². The fourth-order valence-electron chi connectivity index (χ4n) is 3.15. The molecule has 0 atom stereocenters. The van der Waals surface area contributed by atoms with E-state index in [0.29, 0.717) is 17.6 Å². The van der Waals surface area contributed by atoms with Gasteiger partial charge in [-0.2, -0.15) is 0 Å². The van der Waals surface area contributed by atoms with Gasteiger partial charge in [-0.25, -0.2) is 4.98 Å². The van der Waals surface area contributed by atoms with E-state index >= 15 is 0 Å². The number of morpholine rings is 1. The van der Waals surface area contributed by atoms with Gasteiger partial charge in [0, 0.05) is 25.2 Å². The summed E-state index contributed by atoms with van der Waals surface area (Å²) in [4.78, 5) is 6.67. The van der Waals surface area contributed by atoms with E-state index in [0.717, 1.165) is 55.3 Å². The zero-order chi connectivity index (χ0) is 19.3. The summed E-state index contributed by atoms with van der Waals surface area (Å²) in [5.41, 5.74) is 1.03. The van der Waals surface area contributed by atoms with E-state index in [9.17, 15) is 0 Å². The fraction of sp³-hybridized carbons (Fsp3) is 0.450. The van der Waals surface area contributed by atoms with Crippen molar-refractivity contribution in [2.75, 3.05) is 31.2 Å². The Morgan fingerprint density at radius 1 is 1.11 bits per heavy atom. The number of oxazole rings is 1. The number of nitrogens with zero attached hydrogens (tertiary/aromatic N) is 5. The maximum atomic E-state index is 5.92. The van der Waals surface area contributed by atoms with Gasteiger partial charge >= 0.3 is 0 Å². The molecular weight excluding hydrogens is 374 g/mol. The Labute approximate surface area is 169 Å². The second kappa shape index (κ2) is 8.79. The van der Waals surface area contributed by atoms with Crippen LogP contribution in [0.3, 0.4) is 0 Å². The van der Waals surface area contributed by atoms with E-state index in [4.69, 9.17) is 9.15 Å². The van der Waals surface area contributed by atoms with E-state index in [-0.39, 0.29) is 0 Å². The maximum absolute atomic E-state index is 5.92. The lowest BCUT2D eigenvalue weighted by molar-refractivity contribution is 0.121. The zero-order valence-electron chi connectivity index (χ0n) is 16.2. The molecular formula is C20H25N5O2S. The van der Waals surface area contributed by atoms with Crippen molar-refractivity contribution in [1.82, 2.24) is 19.7 Å². The lowest BCUT2D eigenvalue weighted by atomic mass is 10.2. The molecule has 0 bridgehead atoms. The van der Waals surface area contributed by atoms with Crippen molar-refractivity contribution in [2.24, 2.45) is 5.92 Å². The van der Waals surface area contributed by atoms with E-state index < -0.39 is 0 Å². The largest absolute Gasteiger partial charge is 0.440 e. The lowest BCUT2D eigenvalue weighted by Gasteiger charge is -2.28. The first kappa shape index (κ1) is 19.0. The molecule has 1 aliphatic rings. The molecule has 3 aromatic rings. The Morgan fingerprint density at radius 2 is 1.89 bits per heavy atom. The van der Waals surface area contributed by atoms with Crippen molar-refractivity contribution in [1.29, 1.82) is 0 Å². The van der Waals surface area contributed by atoms with Crippen LogP contribution in [0.4, 0.5) is 5.95 Å². The van der Waals surface area contributed by atoms with Crippen LogP contribution in [-0.2, 0) is 17.0 Å². The third-order valence-electron chi connectivity index (χ3n) is 4.48. The number of rotatable bonds is 7. The molecule has 3 heterocycles. The SMILES string of the molecule is CC(C)Cn1c(SCc2ncc(-c3ccccc3)o2)nnc1N1CCOCC1. The summed E-state index contributed by atoms with van der Waals surface area (Å²) in [6.07, 6.45) is 1.78. The second-order valence-electron chi connectivity index (χ2n) is 7.16. The second-order valence-corrected chi connectivity index (χ2v) is 8.10. The van der Waals surface area contributed by atoms with Crippen molar-refractivity contribution in [2.45, 2.75) is 31.3 Å². The first-order valence-corrected chi connectivity index (χ1v) is 10.6. The maximum Gasteiger partial charge on any atom is 0.228 e. The van der Waals surface area contributed by atoms with Crippen LogP contribution < -0.4 is 4.90 Å². The van der Waals surface area contributed by atoms with Crippen molar-refractivity contribution in [3.63, 3.8) is 0 Å². The van der Waals surface area contributed by atoms with Gasteiger partial charge in [-0.3, -0.25) is 4.57 Å². The van der Waals surface area contributed by atoms with Crippen LogP contribution in [0.5, 0.6) is 0 Å². The van der Waals surface area contributed by atoms with Gasteiger partial charge in [-0.1, -0.05) is 55.9 Å². The minimum atomic E-state index is 0.501. The summed E-state index contributed by atoms with van der Waals surface area (Å²) in [6, 6.07) is 10.0. The first-order chi connectivity index (χ1) is 13.7. The third kappa shape index (κ3) is 4.39. The molecule has 0 N–H and O–H groups in total. The van der Waals surface area contributed by atoms with Crippen molar-refractivity contribution in [3.8, 4) is 11.3 Å². The standard InChI is InChI=1S/C20H25N5O2S/c1-15(2)13-25-19(24-8-10-26-11-9-24)22-23-20(25)28-14-18-21-12-17(27-18)16-6-4-3-5-7-16/h3-7,12,15H,8-11,13-14H2,1-2H3. The highest BCUT2D eigenvalue weighted by Crippen LogP contribution is 2.28. The molecule has 1 aromatic carbocycles. The minimum Gasteiger partial charge on any atom is -0.440 e. The predicted molar refractivity (Wildman–Crippen MR) is 109 cm³/mol. The number of hydrogen-bond acceptors (Lipinski definition) is 7. The van der Waals surface area contributed by atoms with Crippen molar-refractivity contribution < 1.29 is 9.15 Å². The molecule has 7 nitrogen and oxygen atoms in total. The molecule has 0 radical (unpaired) electrons. The molecule has 4 rings (SSSR count). The molecule has 0 saturated carbocycles. The summed E-state index contributed by atoms with van der Waals surface area (Å²) in [5.74, 6) is 3.52. The molecule has 1 aliphatic heterocycles. The Balaban J connectivity index is 1.48. The number of benzene rings is 1. The highest BCUT2D eigenvalue weighted by molar-refractivity contribution is 7.98. The minimum absolute atomic E-state index is 0.501. The summed E-state index contributed by atoms with van der Waals surface area (Å²) in [5, 5.41) is 9.82. The van der Waals surface area contributed by atoms with Crippen molar-refractivity contribution in [3.05, 3.63) is 42.4 Å². The van der Waals surface area contributed by atoms with Gasteiger partial charge in [0.1, 0.15) is 0 Å². The summed E-state index contributed by atoms with van der Waals surface area (Å²) in [7, 11) is 0. The average molecular weight is 400 g/mol. The number of hydrogen-bond donors (Lipinski definition) is 0. The van der Waals surface area contributed by atoms with Crippen LogP contribution in [0.1, 0.15) is 19.7 Å². The molecule has 1 fully saturated rings. The van der Waals surface area contributed by atoms with Gasteiger partial charge in [-0.05, 0) is 5.92 Å². The van der Waals surface area contributed by atoms with E-state index in [1.807, 2.05) is 30.3 Å². The van der Waals surface area contributed by atoms with Crippen LogP contribution in [0.2, 0.25) is 0 Å². The highest BCUT2D eigenvalue weighted by Gasteiger charge is 2.21. The summed E-state index contributed by atoms with van der Waals surface area (Å²) in [6.45, 7) is 8.45. The van der Waals surface area contributed by atoms with Crippen LogP contribution in [-0.4, -0.2) is 46.1 Å². The molecule has 0 aliphatic carbocycles. The van der Waals surface area contributed by atoms with Gasteiger partial charge in [-0.15, -0.1) is 10.2 Å². The molecule has 8 heteroatoms. The summed E-state index contributed by atoms with van der Waals surface area (Å²) < 4.78 is 13.6. The Morgan fingerprint density at radius 3 is 2.64 bits per heavy atom. The summed E-state index contributed by atoms with van der Waals surface area (Å²) >= 11 is 1.61. The molecule has 148 valence electrons. The molecule has 28 heavy (non-hydrogen) atoms. The monoisotopic (exact) mass is 399 g/mol. The van der Waals surface area contributed by atoms with Gasteiger partial charge in [0.25, 0.3) is 0 Å². The third-order valence-corrected chi connectivity index (χ3v) is 5.43. The molecule has 0 amide bonds. The molecule has 2 aromatic heterocycles. The number of thioether (sulfide) groups is 1. The van der Waals surface area contributed by atoms with E-state index in [2.05, 4.69) is 38.5 Å².